The molecule has 1 aliphatic heterocycles. The molecule has 34 heavy (non-hydrogen) atoms. The zero-order valence-electron chi connectivity index (χ0n) is 19.8. The highest BCUT2D eigenvalue weighted by Crippen LogP contribution is 2.33. The van der Waals surface area contributed by atoms with Crippen molar-refractivity contribution in [3.63, 3.8) is 0 Å². The summed E-state index contributed by atoms with van der Waals surface area (Å²) in [6, 6.07) is 19.0. The van der Waals surface area contributed by atoms with Gasteiger partial charge in [0.05, 0.1) is 13.2 Å². The van der Waals surface area contributed by atoms with Crippen LogP contribution in [-0.2, 0) is 21.3 Å². The highest BCUT2D eigenvalue weighted by molar-refractivity contribution is 7.83. The first-order valence-corrected chi connectivity index (χ1v) is 13.2. The number of fused-ring (bicyclic) bond motifs is 1. The van der Waals surface area contributed by atoms with Gasteiger partial charge in [0.25, 0.3) is 6.01 Å². The lowest BCUT2D eigenvalue weighted by molar-refractivity contribution is 0.122. The topological polar surface area (TPSA) is 67.6 Å². The number of para-hydroxylation sites is 1. The first-order valence-electron chi connectivity index (χ1n) is 11.5. The van der Waals surface area contributed by atoms with Crippen LogP contribution in [0.1, 0.15) is 16.7 Å². The molecular weight excluding hydrogens is 446 g/mol. The number of hydrogen-bond donors (Lipinski definition) is 1. The number of benzene rings is 3. The smallest absolute Gasteiger partial charge is 0.300 e. The Labute approximate surface area is 202 Å². The Morgan fingerprint density at radius 3 is 2.62 bits per heavy atom. The molecule has 0 saturated carbocycles. The van der Waals surface area contributed by atoms with E-state index in [0.29, 0.717) is 11.8 Å². The summed E-state index contributed by atoms with van der Waals surface area (Å²) in [6.07, 6.45) is 1.73. The number of aryl methyl sites for hydroxylation is 2. The van der Waals surface area contributed by atoms with Gasteiger partial charge in [0, 0.05) is 52.8 Å². The van der Waals surface area contributed by atoms with Crippen molar-refractivity contribution < 1.29 is 13.4 Å². The Bertz CT molecular complexity index is 1360. The quantitative estimate of drug-likeness (QED) is 0.393. The van der Waals surface area contributed by atoms with Crippen LogP contribution in [-0.4, -0.2) is 41.8 Å². The maximum atomic E-state index is 11.7. The number of hydrogen-bond acceptors (Lipinski definition) is 6. The van der Waals surface area contributed by atoms with Crippen LogP contribution in [0.15, 0.2) is 59.0 Å². The van der Waals surface area contributed by atoms with E-state index in [1.165, 1.54) is 11.3 Å². The molecule has 1 saturated heterocycles. The van der Waals surface area contributed by atoms with E-state index in [4.69, 9.17) is 9.15 Å². The Morgan fingerprint density at radius 2 is 1.85 bits per heavy atom. The number of aromatic nitrogens is 1. The van der Waals surface area contributed by atoms with Gasteiger partial charge in [0.2, 0.25) is 0 Å². The van der Waals surface area contributed by atoms with Crippen LogP contribution < -0.4 is 10.2 Å². The second kappa shape index (κ2) is 9.60. The van der Waals surface area contributed by atoms with Crippen molar-refractivity contribution in [3.8, 4) is 11.1 Å². The van der Waals surface area contributed by atoms with Crippen LogP contribution in [0.4, 0.5) is 17.4 Å². The third kappa shape index (κ3) is 4.72. The average molecular weight is 476 g/mol. The summed E-state index contributed by atoms with van der Waals surface area (Å²) < 4.78 is 23.4. The SMILES string of the molecule is Cc1cc(-c2cccc3nc(Nc4ccc(C)c(N5CCOCC5)c4)oc23)ccc1CS(C)=O. The van der Waals surface area contributed by atoms with Crippen molar-refractivity contribution >= 4 is 39.3 Å². The standard InChI is InChI=1S/C27H29N3O3S/c1-18-7-10-22(16-25(18)30-11-13-32-14-12-30)28-27-29-24-6-4-5-23(26(24)33-27)20-8-9-21(17-34(3)31)19(2)15-20/h4-10,15-16H,11-14,17H2,1-3H3,(H,28,29). The molecule has 1 atom stereocenters. The molecule has 0 bridgehead atoms. The molecule has 2 heterocycles. The molecule has 1 unspecified atom stereocenters. The highest BCUT2D eigenvalue weighted by Gasteiger charge is 2.16. The van der Waals surface area contributed by atoms with Gasteiger partial charge in [-0.05, 0) is 54.3 Å². The van der Waals surface area contributed by atoms with Gasteiger partial charge in [-0.15, -0.1) is 0 Å². The fraction of sp³-hybridized carbons (Fsp3) is 0.296. The second-order valence-corrected chi connectivity index (χ2v) is 10.2. The lowest BCUT2D eigenvalue weighted by atomic mass is 10.00. The van der Waals surface area contributed by atoms with Gasteiger partial charge in [-0.1, -0.05) is 36.4 Å². The Kier molecular flexibility index (Phi) is 6.39. The minimum absolute atomic E-state index is 0.467. The number of rotatable bonds is 6. The largest absolute Gasteiger partial charge is 0.423 e. The number of ether oxygens (including phenoxy) is 1. The molecule has 1 fully saturated rings. The van der Waals surface area contributed by atoms with Crippen molar-refractivity contribution in [1.82, 2.24) is 4.98 Å². The van der Waals surface area contributed by atoms with Crippen molar-refractivity contribution in [2.75, 3.05) is 42.8 Å². The summed E-state index contributed by atoms with van der Waals surface area (Å²) in [7, 11) is -0.868. The molecule has 1 N–H and O–H groups in total. The van der Waals surface area contributed by atoms with Crippen molar-refractivity contribution in [3.05, 3.63) is 71.3 Å². The Hall–Kier alpha value is -3.16. The third-order valence-corrected chi connectivity index (χ3v) is 6.96. The molecule has 0 aliphatic carbocycles. The fourth-order valence-corrected chi connectivity index (χ4v) is 5.19. The van der Waals surface area contributed by atoms with Crippen molar-refractivity contribution in [2.45, 2.75) is 19.6 Å². The van der Waals surface area contributed by atoms with Gasteiger partial charge >= 0.3 is 0 Å². The molecule has 5 rings (SSSR count). The lowest BCUT2D eigenvalue weighted by Crippen LogP contribution is -2.36. The van der Waals surface area contributed by atoms with E-state index in [9.17, 15) is 4.21 Å². The maximum Gasteiger partial charge on any atom is 0.300 e. The number of anilines is 3. The molecule has 4 aromatic rings. The monoisotopic (exact) mass is 475 g/mol. The highest BCUT2D eigenvalue weighted by atomic mass is 32.2. The van der Waals surface area contributed by atoms with Gasteiger partial charge in [0.15, 0.2) is 5.58 Å². The van der Waals surface area contributed by atoms with Crippen LogP contribution in [0.5, 0.6) is 0 Å². The summed E-state index contributed by atoms with van der Waals surface area (Å²) in [6.45, 7) is 7.48. The van der Waals surface area contributed by atoms with E-state index in [1.54, 1.807) is 6.26 Å². The summed E-state index contributed by atoms with van der Waals surface area (Å²) in [5.74, 6) is 0.565. The average Bonchev–Trinajstić information content (AvgIpc) is 3.24. The normalized spacial score (nSPS) is 15.0. The first-order chi connectivity index (χ1) is 16.5. The Morgan fingerprint density at radius 1 is 1.03 bits per heavy atom. The van der Waals surface area contributed by atoms with Crippen LogP contribution >= 0.6 is 0 Å². The molecule has 7 heteroatoms. The van der Waals surface area contributed by atoms with Gasteiger partial charge < -0.3 is 19.4 Å². The van der Waals surface area contributed by atoms with E-state index in [0.717, 1.165) is 65.3 Å². The lowest BCUT2D eigenvalue weighted by Gasteiger charge is -2.30. The number of morpholine rings is 1. The van der Waals surface area contributed by atoms with Crippen molar-refractivity contribution in [1.29, 1.82) is 0 Å². The van der Waals surface area contributed by atoms with E-state index >= 15 is 0 Å². The van der Waals surface area contributed by atoms with Crippen LogP contribution in [0.2, 0.25) is 0 Å². The molecule has 1 aromatic heterocycles. The summed E-state index contributed by atoms with van der Waals surface area (Å²) >= 11 is 0. The zero-order valence-corrected chi connectivity index (χ0v) is 20.6. The summed E-state index contributed by atoms with van der Waals surface area (Å²) in [5.41, 5.74) is 9.20. The Balaban J connectivity index is 1.44. The van der Waals surface area contributed by atoms with Crippen LogP contribution in [0.25, 0.3) is 22.2 Å². The third-order valence-electron chi connectivity index (χ3n) is 6.24. The summed E-state index contributed by atoms with van der Waals surface area (Å²) in [5, 5.41) is 3.35. The molecule has 0 radical (unpaired) electrons. The molecule has 0 amide bonds. The maximum absolute atomic E-state index is 11.7. The van der Waals surface area contributed by atoms with Gasteiger partial charge in [-0.3, -0.25) is 4.21 Å². The predicted octanol–water partition coefficient (Wildman–Crippen LogP) is 5.57. The minimum Gasteiger partial charge on any atom is -0.423 e. The molecule has 6 nitrogen and oxygen atoms in total. The molecule has 0 spiro atoms. The second-order valence-electron chi connectivity index (χ2n) is 8.76. The molecular formula is C27H29N3O3S. The van der Waals surface area contributed by atoms with E-state index < -0.39 is 10.8 Å². The molecule has 176 valence electrons. The van der Waals surface area contributed by atoms with Crippen molar-refractivity contribution in [2.24, 2.45) is 0 Å². The van der Waals surface area contributed by atoms with Gasteiger partial charge in [-0.2, -0.15) is 4.98 Å². The molecule has 1 aliphatic rings. The summed E-state index contributed by atoms with van der Waals surface area (Å²) in [4.78, 5) is 7.04. The minimum atomic E-state index is -0.868. The number of nitrogens with one attached hydrogen (secondary N) is 1. The van der Waals surface area contributed by atoms with E-state index in [2.05, 4.69) is 65.4 Å². The van der Waals surface area contributed by atoms with Gasteiger partial charge in [0.1, 0.15) is 5.52 Å². The van der Waals surface area contributed by atoms with E-state index in [1.807, 2.05) is 18.2 Å². The molecule has 3 aromatic carbocycles. The number of nitrogens with zero attached hydrogens (tertiary/aromatic N) is 2. The van der Waals surface area contributed by atoms with E-state index in [-0.39, 0.29) is 0 Å². The van der Waals surface area contributed by atoms with Crippen LogP contribution in [0, 0.1) is 13.8 Å². The fourth-order valence-electron chi connectivity index (χ4n) is 4.43. The first kappa shape index (κ1) is 22.6. The zero-order chi connectivity index (χ0) is 23.7. The van der Waals surface area contributed by atoms with Crippen LogP contribution in [0.3, 0.4) is 0 Å². The predicted molar refractivity (Wildman–Crippen MR) is 139 cm³/mol. The van der Waals surface area contributed by atoms with Gasteiger partial charge in [-0.25, -0.2) is 0 Å². The number of oxazole rings is 1.